The quantitative estimate of drug-likeness (QED) is 0.545. The average Bonchev–Trinajstić information content (AvgIpc) is 2.15. The summed E-state index contributed by atoms with van der Waals surface area (Å²) in [5.74, 6) is 0. The highest BCUT2D eigenvalue weighted by Crippen LogP contribution is 2.18. The van der Waals surface area contributed by atoms with Crippen LogP contribution < -0.4 is 4.57 Å². The molecule has 1 N–H and O–H groups in total. The molecule has 0 atom stereocenters. The van der Waals surface area contributed by atoms with E-state index in [1.165, 1.54) is 25.7 Å². The van der Waals surface area contributed by atoms with Crippen molar-refractivity contribution in [2.45, 2.75) is 25.7 Å². The molecule has 0 saturated heterocycles. The first-order chi connectivity index (χ1) is 7.36. The van der Waals surface area contributed by atoms with Crippen LogP contribution in [-0.2, 0) is 30.0 Å². The molecule has 0 unspecified atom stereocenters. The molecule has 0 aromatic carbocycles. The Bertz CT molecular complexity index is 446. The van der Waals surface area contributed by atoms with E-state index in [-0.39, 0.29) is 0 Å². The molecule has 1 aromatic rings. The van der Waals surface area contributed by atoms with E-state index in [9.17, 15) is 8.42 Å². The Labute approximate surface area is 96.7 Å². The molecular weight excluding hydrogens is 226 g/mol. The Balaban J connectivity index is 0.000000221. The number of nitrogens with zero attached hydrogens (tertiary/aromatic N) is 1. The molecule has 0 radical (unpaired) electrons. The summed E-state index contributed by atoms with van der Waals surface area (Å²) in [6, 6.07) is 2.26. The lowest BCUT2D eigenvalue weighted by molar-refractivity contribution is -0.672. The zero-order valence-corrected chi connectivity index (χ0v) is 10.5. The summed E-state index contributed by atoms with van der Waals surface area (Å²) in [5, 5.41) is 0. The average molecular weight is 244 g/mol. The molecule has 90 valence electrons. The van der Waals surface area contributed by atoms with Gasteiger partial charge in [0.05, 0.1) is 6.26 Å². The largest absolute Gasteiger partial charge is 0.286 e. The predicted molar refractivity (Wildman–Crippen MR) is 61.7 cm³/mol. The van der Waals surface area contributed by atoms with E-state index in [1.54, 1.807) is 11.1 Å². The van der Waals surface area contributed by atoms with Crippen LogP contribution in [0.2, 0.25) is 0 Å². The summed E-state index contributed by atoms with van der Waals surface area (Å²) < 4.78 is 28.0. The normalized spacial score (nSPS) is 14.7. The van der Waals surface area contributed by atoms with Gasteiger partial charge in [-0.1, -0.05) is 0 Å². The SMILES string of the molecule is CS(=O)(=O)O.C[n+]1ccc2c(c1)CCCC2. The highest BCUT2D eigenvalue weighted by molar-refractivity contribution is 7.85. The van der Waals surface area contributed by atoms with Gasteiger partial charge in [-0.2, -0.15) is 8.42 Å². The fraction of sp³-hybridized carbons (Fsp3) is 0.545. The molecule has 0 aliphatic heterocycles. The smallest absolute Gasteiger partial charge is 0.261 e. The van der Waals surface area contributed by atoms with Gasteiger partial charge in [0.1, 0.15) is 7.05 Å². The Morgan fingerprint density at radius 3 is 2.31 bits per heavy atom. The van der Waals surface area contributed by atoms with Gasteiger partial charge >= 0.3 is 0 Å². The van der Waals surface area contributed by atoms with E-state index < -0.39 is 10.1 Å². The topological polar surface area (TPSA) is 58.3 Å². The van der Waals surface area contributed by atoms with Crippen LogP contribution in [0.5, 0.6) is 0 Å². The standard InChI is InChI=1S/C10H14N.CH4O3S/c1-11-7-6-9-4-2-3-5-10(9)8-11;1-5(2,3)4/h6-8H,2-5H2,1H3;1H3,(H,2,3,4)/q+1;. The number of hydrogen-bond acceptors (Lipinski definition) is 2. The highest BCUT2D eigenvalue weighted by Gasteiger charge is 2.11. The molecule has 1 heterocycles. The van der Waals surface area contributed by atoms with E-state index in [0.29, 0.717) is 6.26 Å². The number of hydrogen-bond donors (Lipinski definition) is 1. The first-order valence-electron chi connectivity index (χ1n) is 5.26. The molecule has 0 amide bonds. The molecule has 2 rings (SSSR count). The van der Waals surface area contributed by atoms with E-state index in [1.807, 2.05) is 0 Å². The molecule has 0 saturated carbocycles. The third-order valence-corrected chi connectivity index (χ3v) is 2.43. The van der Waals surface area contributed by atoms with Crippen LogP contribution in [0.3, 0.4) is 0 Å². The van der Waals surface area contributed by atoms with Crippen LogP contribution >= 0.6 is 0 Å². The maximum Gasteiger partial charge on any atom is 0.261 e. The zero-order valence-electron chi connectivity index (χ0n) is 9.68. The molecule has 1 aromatic heterocycles. The fourth-order valence-electron chi connectivity index (χ4n) is 1.79. The molecule has 0 bridgehead atoms. The predicted octanol–water partition coefficient (Wildman–Crippen LogP) is 0.894. The second kappa shape index (κ2) is 5.41. The maximum atomic E-state index is 9.19. The monoisotopic (exact) mass is 244 g/mol. The van der Waals surface area contributed by atoms with Gasteiger partial charge < -0.3 is 0 Å². The number of aryl methyl sites for hydroxylation is 3. The van der Waals surface area contributed by atoms with Crippen LogP contribution in [0, 0.1) is 0 Å². The van der Waals surface area contributed by atoms with E-state index in [4.69, 9.17) is 4.55 Å². The van der Waals surface area contributed by atoms with Crippen LogP contribution in [-0.4, -0.2) is 19.2 Å². The lowest BCUT2D eigenvalue weighted by Gasteiger charge is -2.12. The fourth-order valence-corrected chi connectivity index (χ4v) is 1.79. The van der Waals surface area contributed by atoms with Crippen LogP contribution in [0.1, 0.15) is 24.0 Å². The maximum absolute atomic E-state index is 9.19. The van der Waals surface area contributed by atoms with Gasteiger partial charge in [0.25, 0.3) is 10.1 Å². The first-order valence-corrected chi connectivity index (χ1v) is 7.10. The van der Waals surface area contributed by atoms with Crippen molar-refractivity contribution in [3.8, 4) is 0 Å². The number of rotatable bonds is 0. The molecule has 16 heavy (non-hydrogen) atoms. The summed E-state index contributed by atoms with van der Waals surface area (Å²) in [5.41, 5.74) is 3.12. The first kappa shape index (κ1) is 13.1. The van der Waals surface area contributed by atoms with Crippen molar-refractivity contribution in [3.63, 3.8) is 0 Å². The Hall–Kier alpha value is -0.940. The van der Waals surface area contributed by atoms with Gasteiger partial charge in [0.2, 0.25) is 0 Å². The van der Waals surface area contributed by atoms with Gasteiger partial charge in [-0.25, -0.2) is 4.57 Å². The van der Waals surface area contributed by atoms with Crippen LogP contribution in [0.15, 0.2) is 18.5 Å². The number of fused-ring (bicyclic) bond motifs is 1. The van der Waals surface area contributed by atoms with Crippen LogP contribution in [0.25, 0.3) is 0 Å². The van der Waals surface area contributed by atoms with Crippen molar-refractivity contribution < 1.29 is 17.5 Å². The molecular formula is C11H18NO3S+. The summed E-state index contributed by atoms with van der Waals surface area (Å²) in [4.78, 5) is 0. The van der Waals surface area contributed by atoms with Gasteiger partial charge in [-0.05, 0) is 31.2 Å². The van der Waals surface area contributed by atoms with Crippen molar-refractivity contribution in [1.82, 2.24) is 0 Å². The lowest BCUT2D eigenvalue weighted by Crippen LogP contribution is -2.28. The van der Waals surface area contributed by atoms with Crippen molar-refractivity contribution in [1.29, 1.82) is 0 Å². The van der Waals surface area contributed by atoms with E-state index >= 15 is 0 Å². The molecule has 5 heteroatoms. The highest BCUT2D eigenvalue weighted by atomic mass is 32.2. The van der Waals surface area contributed by atoms with Crippen molar-refractivity contribution in [2.24, 2.45) is 7.05 Å². The molecule has 1 aliphatic rings. The van der Waals surface area contributed by atoms with E-state index in [2.05, 4.69) is 30.1 Å². The Kier molecular flexibility index (Phi) is 4.44. The van der Waals surface area contributed by atoms with Gasteiger partial charge in [-0.15, -0.1) is 0 Å². The van der Waals surface area contributed by atoms with Crippen molar-refractivity contribution in [2.75, 3.05) is 6.26 Å². The summed E-state index contributed by atoms with van der Waals surface area (Å²) in [7, 11) is -1.57. The van der Waals surface area contributed by atoms with Crippen molar-refractivity contribution in [3.05, 3.63) is 29.6 Å². The van der Waals surface area contributed by atoms with Gasteiger partial charge in [0, 0.05) is 11.6 Å². The third kappa shape index (κ3) is 5.23. The minimum Gasteiger partial charge on any atom is -0.286 e. The van der Waals surface area contributed by atoms with Gasteiger partial charge in [-0.3, -0.25) is 4.55 Å². The molecule has 0 fully saturated rings. The second-order valence-electron chi connectivity index (χ2n) is 4.10. The third-order valence-electron chi connectivity index (χ3n) is 2.43. The van der Waals surface area contributed by atoms with Crippen molar-refractivity contribution >= 4 is 10.1 Å². The summed E-state index contributed by atoms with van der Waals surface area (Å²) in [6.07, 6.45) is 10.4. The van der Waals surface area contributed by atoms with E-state index in [0.717, 1.165) is 0 Å². The van der Waals surface area contributed by atoms with Crippen LogP contribution in [0.4, 0.5) is 0 Å². The molecule has 0 spiro atoms. The molecule has 4 nitrogen and oxygen atoms in total. The summed E-state index contributed by atoms with van der Waals surface area (Å²) in [6.45, 7) is 0. The number of aromatic nitrogens is 1. The zero-order chi connectivity index (χ0) is 12.2. The van der Waals surface area contributed by atoms with Gasteiger partial charge in [0.15, 0.2) is 12.4 Å². The lowest BCUT2D eigenvalue weighted by atomic mass is 9.94. The Morgan fingerprint density at radius 2 is 1.75 bits per heavy atom. The second-order valence-corrected chi connectivity index (χ2v) is 5.57. The Morgan fingerprint density at radius 1 is 1.25 bits per heavy atom. The summed E-state index contributed by atoms with van der Waals surface area (Å²) >= 11 is 0. The minimum atomic E-state index is -3.67. The number of pyridine rings is 1. The molecule has 1 aliphatic carbocycles. The minimum absolute atomic E-state index is 0.715.